The summed E-state index contributed by atoms with van der Waals surface area (Å²) in [4.78, 5) is 18.0. The van der Waals surface area contributed by atoms with E-state index in [-0.39, 0.29) is 17.1 Å². The third kappa shape index (κ3) is 6.27. The molecule has 0 N–H and O–H groups in total. The highest BCUT2D eigenvalue weighted by atomic mass is 32.2. The molecule has 0 amide bonds. The van der Waals surface area contributed by atoms with E-state index in [4.69, 9.17) is 4.74 Å². The van der Waals surface area contributed by atoms with Gasteiger partial charge in [-0.2, -0.15) is 4.31 Å². The van der Waals surface area contributed by atoms with E-state index in [0.717, 1.165) is 38.3 Å². The lowest BCUT2D eigenvalue weighted by molar-refractivity contribution is 0.0730. The predicted molar refractivity (Wildman–Crippen MR) is 144 cm³/mol. The number of carbonyl (C=O) groups excluding carboxylic acids is 1. The highest BCUT2D eigenvalue weighted by Crippen LogP contribution is 2.20. The Morgan fingerprint density at radius 3 is 2.00 bits per heavy atom. The number of nitrogens with zero attached hydrogens (tertiary/aromatic N) is 3. The second-order valence-electron chi connectivity index (χ2n) is 9.56. The Balaban J connectivity index is 1.13. The smallest absolute Gasteiger partial charge is 0.243 e. The van der Waals surface area contributed by atoms with Crippen LogP contribution in [0.5, 0.6) is 0 Å². The van der Waals surface area contributed by atoms with Crippen molar-refractivity contribution in [2.75, 3.05) is 57.4 Å². The van der Waals surface area contributed by atoms with Gasteiger partial charge < -0.3 is 9.64 Å². The molecule has 5 rings (SSSR count). The van der Waals surface area contributed by atoms with Crippen LogP contribution in [0.2, 0.25) is 0 Å². The van der Waals surface area contributed by atoms with E-state index in [1.165, 1.54) is 15.6 Å². The summed E-state index contributed by atoms with van der Waals surface area (Å²) in [6.07, 6.45) is 0.235. The van der Waals surface area contributed by atoms with Gasteiger partial charge in [0.05, 0.1) is 18.1 Å². The van der Waals surface area contributed by atoms with Crippen molar-refractivity contribution in [1.82, 2.24) is 9.21 Å². The first kappa shape index (κ1) is 25.6. The maximum atomic E-state index is 12.9. The molecule has 0 atom stereocenters. The molecular weight excluding hydrogens is 486 g/mol. The zero-order valence-electron chi connectivity index (χ0n) is 21.0. The zero-order chi connectivity index (χ0) is 25.7. The molecule has 2 heterocycles. The summed E-state index contributed by atoms with van der Waals surface area (Å²) in [7, 11) is -3.53. The zero-order valence-corrected chi connectivity index (χ0v) is 21.8. The molecule has 2 aliphatic rings. The first-order valence-electron chi connectivity index (χ1n) is 12.8. The van der Waals surface area contributed by atoms with Gasteiger partial charge in [0, 0.05) is 63.5 Å². The molecule has 0 radical (unpaired) electrons. The summed E-state index contributed by atoms with van der Waals surface area (Å²) in [5, 5.41) is 0. The van der Waals surface area contributed by atoms with Crippen molar-refractivity contribution >= 4 is 21.5 Å². The maximum absolute atomic E-state index is 12.9. The Morgan fingerprint density at radius 1 is 0.730 bits per heavy atom. The number of rotatable bonds is 8. The third-order valence-corrected chi connectivity index (χ3v) is 8.98. The molecule has 8 heteroatoms. The van der Waals surface area contributed by atoms with Crippen molar-refractivity contribution in [3.8, 4) is 0 Å². The van der Waals surface area contributed by atoms with Gasteiger partial charge in [0.25, 0.3) is 0 Å². The number of para-hydroxylation sites is 1. The van der Waals surface area contributed by atoms with E-state index in [2.05, 4.69) is 34.1 Å². The van der Waals surface area contributed by atoms with Gasteiger partial charge in [-0.3, -0.25) is 9.69 Å². The minimum atomic E-state index is -3.53. The number of hydrogen-bond acceptors (Lipinski definition) is 6. The van der Waals surface area contributed by atoms with Crippen LogP contribution in [0.1, 0.15) is 21.5 Å². The Labute approximate surface area is 219 Å². The van der Waals surface area contributed by atoms with Gasteiger partial charge in [-0.1, -0.05) is 54.6 Å². The Kier molecular flexibility index (Phi) is 8.00. The Bertz CT molecular complexity index is 1280. The van der Waals surface area contributed by atoms with Gasteiger partial charge in [0.15, 0.2) is 5.78 Å². The van der Waals surface area contributed by atoms with Gasteiger partial charge in [-0.15, -0.1) is 0 Å². The van der Waals surface area contributed by atoms with Crippen LogP contribution < -0.4 is 4.90 Å². The van der Waals surface area contributed by atoms with Crippen molar-refractivity contribution in [2.24, 2.45) is 0 Å². The van der Waals surface area contributed by atoms with Crippen LogP contribution in [0.4, 0.5) is 5.69 Å². The van der Waals surface area contributed by atoms with E-state index < -0.39 is 10.0 Å². The van der Waals surface area contributed by atoms with Gasteiger partial charge >= 0.3 is 0 Å². The molecule has 3 aromatic carbocycles. The molecule has 0 unspecified atom stereocenters. The standard InChI is InChI=1S/C29H33N3O4S/c33-29(22-24-8-12-28(13-9-24)37(34,35)32-18-20-36-21-19-32)26-10-6-25(7-11-26)23-30-14-16-31(17-15-30)27-4-2-1-3-5-27/h1-13H,14-23H2. The molecule has 2 aliphatic heterocycles. The number of ether oxygens (including phenoxy) is 1. The topological polar surface area (TPSA) is 70.2 Å². The average molecular weight is 520 g/mol. The Hall–Kier alpha value is -3.04. The SMILES string of the molecule is O=C(Cc1ccc(S(=O)(=O)N2CCOCC2)cc1)c1ccc(CN2CCN(c3ccccc3)CC2)cc1. The third-order valence-electron chi connectivity index (χ3n) is 7.07. The lowest BCUT2D eigenvalue weighted by atomic mass is 10.0. The first-order chi connectivity index (χ1) is 18.0. The fourth-order valence-electron chi connectivity index (χ4n) is 4.86. The van der Waals surface area contributed by atoms with E-state index in [9.17, 15) is 13.2 Å². The normalized spacial score (nSPS) is 17.6. The minimum absolute atomic E-state index is 0.0202. The average Bonchev–Trinajstić information content (AvgIpc) is 2.95. The van der Waals surface area contributed by atoms with Gasteiger partial charge in [-0.05, 0) is 35.4 Å². The number of ketones is 1. The summed E-state index contributed by atoms with van der Waals surface area (Å²) in [5.74, 6) is 0.0202. The van der Waals surface area contributed by atoms with Crippen molar-refractivity contribution in [2.45, 2.75) is 17.9 Å². The molecule has 0 spiro atoms. The van der Waals surface area contributed by atoms with Crippen molar-refractivity contribution in [3.05, 3.63) is 95.6 Å². The molecule has 0 aliphatic carbocycles. The summed E-state index contributed by atoms with van der Waals surface area (Å²) < 4.78 is 32.3. The molecule has 194 valence electrons. The maximum Gasteiger partial charge on any atom is 0.243 e. The van der Waals surface area contributed by atoms with Crippen molar-refractivity contribution in [3.63, 3.8) is 0 Å². The number of carbonyl (C=O) groups is 1. The molecule has 2 fully saturated rings. The number of sulfonamides is 1. The quantitative estimate of drug-likeness (QED) is 0.425. The van der Waals surface area contributed by atoms with Crippen molar-refractivity contribution in [1.29, 1.82) is 0 Å². The van der Waals surface area contributed by atoms with Gasteiger partial charge in [0.2, 0.25) is 10.0 Å². The molecule has 0 bridgehead atoms. The van der Waals surface area contributed by atoms with Crippen LogP contribution in [0, 0.1) is 0 Å². The second-order valence-corrected chi connectivity index (χ2v) is 11.5. The lowest BCUT2D eigenvalue weighted by Gasteiger charge is -2.36. The minimum Gasteiger partial charge on any atom is -0.379 e. The fourth-order valence-corrected chi connectivity index (χ4v) is 6.27. The largest absolute Gasteiger partial charge is 0.379 e. The van der Waals surface area contributed by atoms with E-state index >= 15 is 0 Å². The number of anilines is 1. The number of morpholine rings is 1. The molecule has 0 aromatic heterocycles. The second kappa shape index (κ2) is 11.6. The molecule has 0 saturated carbocycles. The molecular formula is C29H33N3O4S. The summed E-state index contributed by atoms with van der Waals surface area (Å²) >= 11 is 0. The summed E-state index contributed by atoms with van der Waals surface area (Å²) in [6, 6.07) is 25.0. The molecule has 7 nitrogen and oxygen atoms in total. The van der Waals surface area contributed by atoms with Gasteiger partial charge in [-0.25, -0.2) is 8.42 Å². The highest BCUT2D eigenvalue weighted by Gasteiger charge is 2.26. The number of piperazine rings is 1. The molecule has 2 saturated heterocycles. The van der Waals surface area contributed by atoms with E-state index in [1.807, 2.05) is 30.3 Å². The van der Waals surface area contributed by atoms with Crippen LogP contribution in [-0.2, 0) is 27.7 Å². The fraction of sp³-hybridized carbons (Fsp3) is 0.345. The number of benzene rings is 3. The summed E-state index contributed by atoms with van der Waals surface area (Å²) in [5.41, 5.74) is 3.94. The van der Waals surface area contributed by atoms with Crippen LogP contribution in [-0.4, -0.2) is 75.9 Å². The van der Waals surface area contributed by atoms with Crippen LogP contribution in [0.25, 0.3) is 0 Å². The first-order valence-corrected chi connectivity index (χ1v) is 14.2. The lowest BCUT2D eigenvalue weighted by Crippen LogP contribution is -2.45. The van der Waals surface area contributed by atoms with Gasteiger partial charge in [0.1, 0.15) is 0 Å². The Morgan fingerprint density at radius 2 is 1.35 bits per heavy atom. The van der Waals surface area contributed by atoms with Crippen LogP contribution >= 0.6 is 0 Å². The summed E-state index contributed by atoms with van der Waals surface area (Å²) in [6.45, 7) is 6.45. The highest BCUT2D eigenvalue weighted by molar-refractivity contribution is 7.89. The predicted octanol–water partition coefficient (Wildman–Crippen LogP) is 3.46. The molecule has 3 aromatic rings. The number of Topliss-reactive ketones (excluding diaryl/α,β-unsaturated/α-hetero) is 1. The van der Waals surface area contributed by atoms with Crippen LogP contribution in [0.15, 0.2) is 83.8 Å². The van der Waals surface area contributed by atoms with E-state index in [1.54, 1.807) is 24.3 Å². The number of hydrogen-bond donors (Lipinski definition) is 0. The molecule has 37 heavy (non-hydrogen) atoms. The van der Waals surface area contributed by atoms with Crippen LogP contribution in [0.3, 0.4) is 0 Å². The van der Waals surface area contributed by atoms with Crippen molar-refractivity contribution < 1.29 is 17.9 Å². The monoisotopic (exact) mass is 519 g/mol. The van der Waals surface area contributed by atoms with E-state index in [0.29, 0.717) is 31.9 Å².